The molecular weight excluding hydrogens is 316 g/mol. The molecule has 4 atom stereocenters. The molecule has 0 saturated heterocycles. The average Bonchev–Trinajstić information content (AvgIpc) is 2.50. The lowest BCUT2D eigenvalue weighted by Gasteiger charge is -2.53. The number of aliphatic hydroxyl groups excluding tert-OH is 1. The van der Waals surface area contributed by atoms with Gasteiger partial charge >= 0.3 is 0 Å². The number of rotatable bonds is 4. The topological polar surface area (TPSA) is 69.9 Å². The molecule has 0 radical (unpaired) electrons. The number of phenols is 1. The van der Waals surface area contributed by atoms with E-state index in [4.69, 9.17) is 4.74 Å². The molecule has 25 heavy (non-hydrogen) atoms. The number of unbranched alkanes of at least 4 members (excludes halogenated alkanes) is 2. The van der Waals surface area contributed by atoms with Crippen LogP contribution in [-0.4, -0.2) is 32.6 Å². The summed E-state index contributed by atoms with van der Waals surface area (Å²) in [5, 5.41) is 32.2. The van der Waals surface area contributed by atoms with Crippen LogP contribution >= 0.6 is 0 Å². The largest absolute Gasteiger partial charge is 0.508 e. The van der Waals surface area contributed by atoms with E-state index in [1.807, 2.05) is 26.0 Å². The maximum atomic E-state index is 10.9. The molecule has 0 bridgehead atoms. The van der Waals surface area contributed by atoms with Crippen LogP contribution in [0.2, 0.25) is 0 Å². The van der Waals surface area contributed by atoms with Crippen LogP contribution < -0.4 is 4.74 Å². The summed E-state index contributed by atoms with van der Waals surface area (Å²) in [4.78, 5) is 0. The van der Waals surface area contributed by atoms with Crippen LogP contribution in [0.3, 0.4) is 0 Å². The molecule has 4 nitrogen and oxygen atoms in total. The second-order valence-corrected chi connectivity index (χ2v) is 8.66. The molecule has 0 aromatic heterocycles. The summed E-state index contributed by atoms with van der Waals surface area (Å²) in [5.74, 6) is 0.597. The molecule has 140 valence electrons. The Morgan fingerprint density at radius 2 is 1.92 bits per heavy atom. The number of ether oxygens (including phenoxy) is 1. The summed E-state index contributed by atoms with van der Waals surface area (Å²) >= 11 is 0. The van der Waals surface area contributed by atoms with Gasteiger partial charge in [0.05, 0.1) is 11.7 Å². The summed E-state index contributed by atoms with van der Waals surface area (Å²) < 4.78 is 6.28. The molecular formula is C21H32O4. The van der Waals surface area contributed by atoms with E-state index in [0.717, 1.165) is 37.7 Å². The first-order valence-electron chi connectivity index (χ1n) is 9.62. The van der Waals surface area contributed by atoms with E-state index in [9.17, 15) is 15.3 Å². The van der Waals surface area contributed by atoms with Crippen molar-refractivity contribution in [1.29, 1.82) is 0 Å². The van der Waals surface area contributed by atoms with Crippen molar-refractivity contribution in [3.8, 4) is 11.5 Å². The first-order chi connectivity index (χ1) is 11.7. The highest BCUT2D eigenvalue weighted by Gasteiger charge is 2.55. The van der Waals surface area contributed by atoms with Gasteiger partial charge in [0.25, 0.3) is 0 Å². The molecule has 1 heterocycles. The third-order valence-corrected chi connectivity index (χ3v) is 6.22. The summed E-state index contributed by atoms with van der Waals surface area (Å²) in [6.45, 7) is 7.95. The zero-order chi connectivity index (χ0) is 18.4. The summed E-state index contributed by atoms with van der Waals surface area (Å²) in [6.07, 6.45) is 4.70. The summed E-state index contributed by atoms with van der Waals surface area (Å²) in [7, 11) is 0. The van der Waals surface area contributed by atoms with Crippen LogP contribution in [0.25, 0.3) is 0 Å². The Labute approximate surface area is 150 Å². The number of aryl methyl sites for hydroxylation is 1. The van der Waals surface area contributed by atoms with Gasteiger partial charge < -0.3 is 20.1 Å². The molecule has 3 N–H and O–H groups in total. The van der Waals surface area contributed by atoms with Gasteiger partial charge in [-0.3, -0.25) is 0 Å². The van der Waals surface area contributed by atoms with E-state index in [1.165, 1.54) is 0 Å². The van der Waals surface area contributed by atoms with E-state index in [2.05, 4.69) is 6.92 Å². The molecule has 3 rings (SSSR count). The van der Waals surface area contributed by atoms with Gasteiger partial charge in [0.1, 0.15) is 17.1 Å². The van der Waals surface area contributed by atoms with E-state index < -0.39 is 17.3 Å². The number of aliphatic hydroxyl groups is 2. The zero-order valence-corrected chi connectivity index (χ0v) is 15.9. The molecule has 4 unspecified atom stereocenters. The summed E-state index contributed by atoms with van der Waals surface area (Å²) in [6, 6.07) is 3.82. The van der Waals surface area contributed by atoms with E-state index >= 15 is 0 Å². The van der Waals surface area contributed by atoms with Gasteiger partial charge in [0, 0.05) is 17.4 Å². The van der Waals surface area contributed by atoms with Crippen molar-refractivity contribution < 1.29 is 20.1 Å². The van der Waals surface area contributed by atoms with Crippen LogP contribution in [0.4, 0.5) is 0 Å². The average molecular weight is 348 g/mol. The van der Waals surface area contributed by atoms with Gasteiger partial charge in [-0.05, 0) is 64.2 Å². The predicted octanol–water partition coefficient (Wildman–Crippen LogP) is 3.90. The Balaban J connectivity index is 2.02. The van der Waals surface area contributed by atoms with Crippen LogP contribution in [0, 0.1) is 5.92 Å². The monoisotopic (exact) mass is 348 g/mol. The highest BCUT2D eigenvalue weighted by Crippen LogP contribution is 2.56. The molecule has 1 fully saturated rings. The first-order valence-corrected chi connectivity index (χ1v) is 9.62. The lowest BCUT2D eigenvalue weighted by atomic mass is 9.61. The van der Waals surface area contributed by atoms with Crippen LogP contribution in [0.1, 0.15) is 76.8 Å². The molecule has 1 aliphatic heterocycles. The van der Waals surface area contributed by atoms with Gasteiger partial charge in [-0.15, -0.1) is 0 Å². The van der Waals surface area contributed by atoms with E-state index in [1.54, 1.807) is 6.92 Å². The molecule has 0 spiro atoms. The molecule has 1 saturated carbocycles. The van der Waals surface area contributed by atoms with Crippen molar-refractivity contribution in [2.75, 3.05) is 0 Å². The second kappa shape index (κ2) is 6.48. The minimum atomic E-state index is -1.14. The lowest BCUT2D eigenvalue weighted by Crippen LogP contribution is -2.57. The van der Waals surface area contributed by atoms with Gasteiger partial charge in [0.2, 0.25) is 0 Å². The standard InChI is InChI=1S/C21H32O4/c1-5-6-7-8-13-11-15(22)18-16(12-13)25-20(2,3)14-9-10-21(4,24)19(23)17(14)18/h11-12,14,17,19,22-24H,5-10H2,1-4H3. The van der Waals surface area contributed by atoms with Gasteiger partial charge in [0.15, 0.2) is 0 Å². The Kier molecular flexibility index (Phi) is 4.80. The third-order valence-electron chi connectivity index (χ3n) is 6.22. The number of benzene rings is 1. The smallest absolute Gasteiger partial charge is 0.127 e. The van der Waals surface area contributed by atoms with Crippen molar-refractivity contribution in [3.05, 3.63) is 23.3 Å². The third kappa shape index (κ3) is 3.26. The molecule has 1 aromatic rings. The Morgan fingerprint density at radius 3 is 2.60 bits per heavy atom. The second-order valence-electron chi connectivity index (χ2n) is 8.66. The van der Waals surface area contributed by atoms with Crippen molar-refractivity contribution >= 4 is 0 Å². The minimum absolute atomic E-state index is 0.0621. The van der Waals surface area contributed by atoms with Gasteiger partial charge in [-0.25, -0.2) is 0 Å². The SMILES string of the molecule is CCCCCc1cc(O)c2c(c1)OC(C)(C)C1CCC(C)(O)C(O)C21. The van der Waals surface area contributed by atoms with Gasteiger partial charge in [-0.1, -0.05) is 19.8 Å². The number of hydrogen-bond acceptors (Lipinski definition) is 4. The molecule has 2 aliphatic rings. The number of hydrogen-bond donors (Lipinski definition) is 3. The van der Waals surface area contributed by atoms with Gasteiger partial charge in [-0.2, -0.15) is 0 Å². The maximum absolute atomic E-state index is 10.9. The highest BCUT2D eigenvalue weighted by atomic mass is 16.5. The normalized spacial score (nSPS) is 33.3. The minimum Gasteiger partial charge on any atom is -0.508 e. The first kappa shape index (κ1) is 18.5. The fourth-order valence-corrected chi connectivity index (χ4v) is 4.69. The Hall–Kier alpha value is -1.26. The Morgan fingerprint density at radius 1 is 1.20 bits per heavy atom. The van der Waals surface area contributed by atoms with Crippen LogP contribution in [0.15, 0.2) is 12.1 Å². The summed E-state index contributed by atoms with van der Waals surface area (Å²) in [5.41, 5.74) is 0.147. The van der Waals surface area contributed by atoms with Crippen LogP contribution in [0.5, 0.6) is 11.5 Å². The maximum Gasteiger partial charge on any atom is 0.127 e. The fraction of sp³-hybridized carbons (Fsp3) is 0.714. The number of aromatic hydroxyl groups is 1. The Bertz CT molecular complexity index is 635. The van der Waals surface area contributed by atoms with Crippen molar-refractivity contribution in [2.45, 2.75) is 89.4 Å². The highest BCUT2D eigenvalue weighted by molar-refractivity contribution is 5.52. The zero-order valence-electron chi connectivity index (χ0n) is 15.9. The number of fused-ring (bicyclic) bond motifs is 3. The predicted molar refractivity (Wildman–Crippen MR) is 98.1 cm³/mol. The van der Waals surface area contributed by atoms with Crippen molar-refractivity contribution in [2.24, 2.45) is 5.92 Å². The van der Waals surface area contributed by atoms with E-state index in [-0.39, 0.29) is 17.6 Å². The molecule has 4 heteroatoms. The van der Waals surface area contributed by atoms with E-state index in [0.29, 0.717) is 17.7 Å². The van der Waals surface area contributed by atoms with Crippen LogP contribution in [-0.2, 0) is 6.42 Å². The quantitative estimate of drug-likeness (QED) is 0.722. The molecule has 1 aromatic carbocycles. The van der Waals surface area contributed by atoms with Crippen molar-refractivity contribution in [3.63, 3.8) is 0 Å². The lowest BCUT2D eigenvalue weighted by molar-refractivity contribution is -0.144. The number of phenolic OH excluding ortho intramolecular Hbond substituents is 1. The fourth-order valence-electron chi connectivity index (χ4n) is 4.69. The van der Waals surface area contributed by atoms with Crippen molar-refractivity contribution in [1.82, 2.24) is 0 Å². The molecule has 1 aliphatic carbocycles. The molecule has 0 amide bonds.